The Morgan fingerprint density at radius 2 is 2.00 bits per heavy atom. The third kappa shape index (κ3) is 5.00. The van der Waals surface area contributed by atoms with E-state index < -0.39 is 0 Å². The molecule has 21 heavy (non-hydrogen) atoms. The summed E-state index contributed by atoms with van der Waals surface area (Å²) in [4.78, 5) is 0. The van der Waals surface area contributed by atoms with Crippen molar-refractivity contribution in [3.05, 3.63) is 65.5 Å². The molecule has 0 fully saturated rings. The number of allylic oxidation sites excluding steroid dienone is 4. The first kappa shape index (κ1) is 17.4. The van der Waals surface area contributed by atoms with Crippen LogP contribution in [0.25, 0.3) is 5.57 Å². The topological polar surface area (TPSA) is 0 Å². The third-order valence-corrected chi connectivity index (χ3v) is 4.08. The van der Waals surface area contributed by atoms with Gasteiger partial charge >= 0.3 is 0 Å². The zero-order chi connectivity index (χ0) is 16.0. The molecule has 0 saturated heterocycles. The number of benzene rings is 1. The molecule has 1 aromatic carbocycles. The Morgan fingerprint density at radius 1 is 1.33 bits per heavy atom. The highest BCUT2D eigenvalue weighted by Gasteiger charge is 2.10. The average molecular weight is 286 g/mol. The van der Waals surface area contributed by atoms with Crippen molar-refractivity contribution >= 4 is 5.57 Å². The lowest BCUT2D eigenvalue weighted by molar-refractivity contribution is 0.518. The van der Waals surface area contributed by atoms with Crippen LogP contribution >= 0.6 is 0 Å². The van der Waals surface area contributed by atoms with Crippen molar-refractivity contribution in [2.24, 2.45) is 5.92 Å². The fourth-order valence-corrected chi connectivity index (χ4v) is 2.31. The van der Waals surface area contributed by atoms with Crippen LogP contribution in [0.1, 0.15) is 51.2 Å². The average Bonchev–Trinajstić information content (AvgIpc) is 2.44. The summed E-state index contributed by atoms with van der Waals surface area (Å²) in [5.74, 6) is 0.505. The van der Waals surface area contributed by atoms with E-state index in [1.807, 2.05) is 26.0 Å². The van der Waals surface area contributed by atoms with Crippen molar-refractivity contribution in [1.29, 1.82) is 0 Å². The van der Waals surface area contributed by atoms with Crippen LogP contribution < -0.4 is 0 Å². The molecular weight excluding hydrogens is 259 g/mol. The van der Waals surface area contributed by atoms with Crippen LogP contribution in [0, 0.1) is 18.7 Å². The lowest BCUT2D eigenvalue weighted by Gasteiger charge is -2.12. The van der Waals surface area contributed by atoms with Crippen molar-refractivity contribution in [1.82, 2.24) is 0 Å². The van der Waals surface area contributed by atoms with E-state index in [0.717, 1.165) is 35.1 Å². The van der Waals surface area contributed by atoms with Crippen LogP contribution in [-0.4, -0.2) is 0 Å². The molecule has 1 rings (SSSR count). The molecule has 0 amide bonds. The molecule has 0 aliphatic rings. The molecule has 0 spiro atoms. The van der Waals surface area contributed by atoms with Crippen LogP contribution in [0.4, 0.5) is 4.39 Å². The van der Waals surface area contributed by atoms with Gasteiger partial charge in [0.1, 0.15) is 5.82 Å². The Morgan fingerprint density at radius 3 is 2.57 bits per heavy atom. The second-order valence-electron chi connectivity index (χ2n) is 5.95. The number of hydrogen-bond acceptors (Lipinski definition) is 0. The maximum absolute atomic E-state index is 14.0. The summed E-state index contributed by atoms with van der Waals surface area (Å²) in [5.41, 5.74) is 4.34. The fourth-order valence-electron chi connectivity index (χ4n) is 2.31. The molecule has 114 valence electrons. The maximum atomic E-state index is 14.0. The van der Waals surface area contributed by atoms with Gasteiger partial charge in [0.05, 0.1) is 0 Å². The Hall–Kier alpha value is -1.63. The lowest BCUT2D eigenvalue weighted by atomic mass is 9.93. The first-order valence-electron chi connectivity index (χ1n) is 7.67. The summed E-state index contributed by atoms with van der Waals surface area (Å²) in [6, 6.07) is 5.12. The highest BCUT2D eigenvalue weighted by atomic mass is 19.1. The maximum Gasteiger partial charge on any atom is 0.131 e. The van der Waals surface area contributed by atoms with E-state index in [1.54, 1.807) is 6.07 Å². The minimum Gasteiger partial charge on any atom is -0.206 e. The summed E-state index contributed by atoms with van der Waals surface area (Å²) in [6.07, 6.45) is 5.36. The Labute approximate surface area is 129 Å². The van der Waals surface area contributed by atoms with E-state index >= 15 is 0 Å². The predicted molar refractivity (Wildman–Crippen MR) is 91.8 cm³/mol. The quantitative estimate of drug-likeness (QED) is 0.503. The molecule has 1 heteroatoms. The number of halogens is 1. The molecule has 1 aromatic rings. The molecule has 0 nitrogen and oxygen atoms in total. The van der Waals surface area contributed by atoms with E-state index in [2.05, 4.69) is 27.0 Å². The molecule has 0 aliphatic carbocycles. The van der Waals surface area contributed by atoms with Crippen molar-refractivity contribution in [2.45, 2.75) is 47.0 Å². The van der Waals surface area contributed by atoms with Gasteiger partial charge in [-0.15, -0.1) is 0 Å². The van der Waals surface area contributed by atoms with E-state index in [9.17, 15) is 4.39 Å². The molecule has 0 N–H and O–H groups in total. The summed E-state index contributed by atoms with van der Waals surface area (Å²) in [7, 11) is 0. The van der Waals surface area contributed by atoms with E-state index in [1.165, 1.54) is 12.5 Å². The van der Waals surface area contributed by atoms with Crippen molar-refractivity contribution in [2.75, 3.05) is 0 Å². The Balaban J connectivity index is 2.82. The van der Waals surface area contributed by atoms with Gasteiger partial charge in [0.25, 0.3) is 0 Å². The minimum atomic E-state index is -0.210. The van der Waals surface area contributed by atoms with Gasteiger partial charge in [0.15, 0.2) is 0 Å². The van der Waals surface area contributed by atoms with Gasteiger partial charge in [-0.3, -0.25) is 0 Å². The van der Waals surface area contributed by atoms with Gasteiger partial charge in [-0.2, -0.15) is 0 Å². The van der Waals surface area contributed by atoms with E-state index in [-0.39, 0.29) is 5.82 Å². The van der Waals surface area contributed by atoms with Crippen LogP contribution in [0.5, 0.6) is 0 Å². The van der Waals surface area contributed by atoms with Crippen molar-refractivity contribution < 1.29 is 4.39 Å². The summed E-state index contributed by atoms with van der Waals surface area (Å²) in [5, 5.41) is 0. The molecule has 0 bridgehead atoms. The molecular formula is C20H27F. The number of hydrogen-bond donors (Lipinski definition) is 0. The van der Waals surface area contributed by atoms with Gasteiger partial charge in [-0.1, -0.05) is 57.2 Å². The number of rotatable bonds is 7. The second kappa shape index (κ2) is 7.97. The first-order chi connectivity index (χ1) is 9.86. The van der Waals surface area contributed by atoms with Crippen LogP contribution in [0.3, 0.4) is 0 Å². The van der Waals surface area contributed by atoms with Gasteiger partial charge in [-0.05, 0) is 55.4 Å². The van der Waals surface area contributed by atoms with Gasteiger partial charge in [-0.25, -0.2) is 4.39 Å². The van der Waals surface area contributed by atoms with Crippen molar-refractivity contribution in [3.63, 3.8) is 0 Å². The summed E-state index contributed by atoms with van der Waals surface area (Å²) >= 11 is 0. The van der Waals surface area contributed by atoms with Gasteiger partial charge in [0.2, 0.25) is 0 Å². The molecule has 0 saturated carbocycles. The normalized spacial score (nSPS) is 13.1. The second-order valence-corrected chi connectivity index (χ2v) is 5.95. The van der Waals surface area contributed by atoms with Crippen LogP contribution in [0.15, 0.2) is 48.6 Å². The zero-order valence-electron chi connectivity index (χ0n) is 13.8. The Bertz CT molecular complexity index is 529. The molecule has 0 radical (unpaired) electrons. The molecule has 1 atom stereocenters. The smallest absolute Gasteiger partial charge is 0.131 e. The standard InChI is InChI=1S/C20H27F/c1-7-14(2)11-12-15(3)13-17(5)18(6)20-16(4)9-8-10-19(20)21/h8-10,13-14H,3,6-7,11-12H2,1-2,4-5H3/b17-13-. The Kier molecular flexibility index (Phi) is 6.61. The van der Waals surface area contributed by atoms with Crippen LogP contribution in [-0.2, 0) is 0 Å². The third-order valence-electron chi connectivity index (χ3n) is 4.08. The zero-order valence-corrected chi connectivity index (χ0v) is 13.8. The highest BCUT2D eigenvalue weighted by Crippen LogP contribution is 2.28. The molecule has 1 unspecified atom stereocenters. The fraction of sp³-hybridized carbons (Fsp3) is 0.400. The van der Waals surface area contributed by atoms with E-state index in [4.69, 9.17) is 0 Å². The molecule has 0 aromatic heterocycles. The van der Waals surface area contributed by atoms with E-state index in [0.29, 0.717) is 11.5 Å². The lowest BCUT2D eigenvalue weighted by Crippen LogP contribution is -1.96. The molecule has 0 heterocycles. The monoisotopic (exact) mass is 286 g/mol. The molecule has 0 aliphatic heterocycles. The summed E-state index contributed by atoms with van der Waals surface area (Å²) in [6.45, 7) is 16.5. The predicted octanol–water partition coefficient (Wildman–Crippen LogP) is 6.48. The van der Waals surface area contributed by atoms with Gasteiger partial charge < -0.3 is 0 Å². The largest absolute Gasteiger partial charge is 0.206 e. The first-order valence-corrected chi connectivity index (χ1v) is 7.67. The summed E-state index contributed by atoms with van der Waals surface area (Å²) < 4.78 is 14.0. The SMILES string of the molecule is C=C(/C=C(/C)C(=C)c1c(C)cccc1F)CCC(C)CC. The van der Waals surface area contributed by atoms with Gasteiger partial charge in [0, 0.05) is 5.56 Å². The highest BCUT2D eigenvalue weighted by molar-refractivity contribution is 5.79. The number of aryl methyl sites for hydroxylation is 1. The minimum absolute atomic E-state index is 0.210. The van der Waals surface area contributed by atoms with Crippen LogP contribution in [0.2, 0.25) is 0 Å². The van der Waals surface area contributed by atoms with Crippen molar-refractivity contribution in [3.8, 4) is 0 Å².